The first-order valence-corrected chi connectivity index (χ1v) is 10.3. The van der Waals surface area contributed by atoms with E-state index < -0.39 is 27.9 Å². The summed E-state index contributed by atoms with van der Waals surface area (Å²) in [5, 5.41) is 11.7. The molecule has 144 valence electrons. The molecule has 1 aliphatic rings. The van der Waals surface area contributed by atoms with Gasteiger partial charge in [-0.2, -0.15) is 4.31 Å². The lowest BCUT2D eigenvalue weighted by molar-refractivity contribution is -0.139. The van der Waals surface area contributed by atoms with Gasteiger partial charge in [-0.05, 0) is 43.4 Å². The molecule has 0 unspecified atom stereocenters. The van der Waals surface area contributed by atoms with Crippen LogP contribution >= 0.6 is 11.6 Å². The molecular weight excluding hydrogens is 380 g/mol. The maximum absolute atomic E-state index is 12.7. The van der Waals surface area contributed by atoms with Crippen LogP contribution in [0, 0.1) is 5.92 Å². The molecule has 1 fully saturated rings. The maximum Gasteiger partial charge on any atom is 0.326 e. The molecule has 26 heavy (non-hydrogen) atoms. The minimum atomic E-state index is -3.78. The van der Waals surface area contributed by atoms with E-state index >= 15 is 0 Å². The first-order valence-electron chi connectivity index (χ1n) is 8.46. The molecule has 2 rings (SSSR count). The van der Waals surface area contributed by atoms with Gasteiger partial charge in [-0.3, -0.25) is 4.79 Å². The normalized spacial score (nSPS) is 16.6. The molecule has 0 aromatic heterocycles. The van der Waals surface area contributed by atoms with E-state index in [1.165, 1.54) is 22.5 Å². The molecule has 0 radical (unpaired) electrons. The number of nitrogens with one attached hydrogen (secondary N) is 1. The van der Waals surface area contributed by atoms with E-state index in [0.717, 1.165) is 12.8 Å². The van der Waals surface area contributed by atoms with Gasteiger partial charge in [0.05, 0.1) is 5.02 Å². The van der Waals surface area contributed by atoms with Crippen molar-refractivity contribution in [3.63, 3.8) is 0 Å². The van der Waals surface area contributed by atoms with Crippen LogP contribution in [0.2, 0.25) is 5.02 Å². The maximum atomic E-state index is 12.7. The van der Waals surface area contributed by atoms with Crippen LogP contribution < -0.4 is 5.32 Å². The molecule has 0 aliphatic carbocycles. The van der Waals surface area contributed by atoms with Gasteiger partial charge in [-0.1, -0.05) is 25.4 Å². The summed E-state index contributed by atoms with van der Waals surface area (Å²) >= 11 is 6.06. The molecule has 1 atom stereocenters. The van der Waals surface area contributed by atoms with E-state index in [1.54, 1.807) is 0 Å². The molecule has 0 spiro atoms. The molecule has 0 bridgehead atoms. The fraction of sp³-hybridized carbons (Fsp3) is 0.529. The summed E-state index contributed by atoms with van der Waals surface area (Å²) in [7, 11) is -3.78. The van der Waals surface area contributed by atoms with E-state index in [0.29, 0.717) is 13.1 Å². The van der Waals surface area contributed by atoms with E-state index in [1.807, 2.05) is 13.8 Å². The number of hydrogen-bond acceptors (Lipinski definition) is 4. The van der Waals surface area contributed by atoms with E-state index in [9.17, 15) is 23.1 Å². The first-order chi connectivity index (χ1) is 12.1. The molecule has 1 saturated heterocycles. The highest BCUT2D eigenvalue weighted by atomic mass is 35.5. The van der Waals surface area contributed by atoms with Crippen LogP contribution in [-0.4, -0.2) is 48.8 Å². The van der Waals surface area contributed by atoms with E-state index in [2.05, 4.69) is 5.32 Å². The Morgan fingerprint density at radius 2 is 1.88 bits per heavy atom. The van der Waals surface area contributed by atoms with Gasteiger partial charge in [0.25, 0.3) is 5.91 Å². The minimum absolute atomic E-state index is 0.0328. The van der Waals surface area contributed by atoms with Crippen molar-refractivity contribution < 1.29 is 23.1 Å². The summed E-state index contributed by atoms with van der Waals surface area (Å²) in [5.41, 5.74) is 0.0576. The van der Waals surface area contributed by atoms with Crippen molar-refractivity contribution in [2.24, 2.45) is 5.92 Å². The lowest BCUT2D eigenvalue weighted by atomic mass is 10.0. The third-order valence-corrected chi connectivity index (χ3v) is 6.57. The smallest absolute Gasteiger partial charge is 0.326 e. The zero-order valence-electron chi connectivity index (χ0n) is 14.7. The van der Waals surface area contributed by atoms with Crippen LogP contribution in [0.15, 0.2) is 23.1 Å². The van der Waals surface area contributed by atoms with Gasteiger partial charge in [-0.25, -0.2) is 13.2 Å². The van der Waals surface area contributed by atoms with Crippen molar-refractivity contribution in [3.05, 3.63) is 28.8 Å². The molecule has 1 amide bonds. The van der Waals surface area contributed by atoms with Crippen LogP contribution in [0.4, 0.5) is 0 Å². The second-order valence-electron chi connectivity index (χ2n) is 6.75. The van der Waals surface area contributed by atoms with E-state index in [-0.39, 0.29) is 27.8 Å². The number of carboxylic acid groups (broad SMARTS) is 1. The van der Waals surface area contributed by atoms with Crippen molar-refractivity contribution in [3.8, 4) is 0 Å². The minimum Gasteiger partial charge on any atom is -0.480 e. The number of nitrogens with zero attached hydrogens (tertiary/aromatic N) is 1. The third kappa shape index (κ3) is 4.75. The second-order valence-corrected chi connectivity index (χ2v) is 9.06. The van der Waals surface area contributed by atoms with Crippen LogP contribution in [0.3, 0.4) is 0 Å². The predicted octanol–water partition coefficient (Wildman–Crippen LogP) is 2.35. The predicted molar refractivity (Wildman–Crippen MR) is 97.8 cm³/mol. The van der Waals surface area contributed by atoms with Crippen molar-refractivity contribution in [2.45, 2.75) is 44.0 Å². The summed E-state index contributed by atoms with van der Waals surface area (Å²) in [6.45, 7) is 4.55. The van der Waals surface area contributed by atoms with Crippen LogP contribution in [0.5, 0.6) is 0 Å². The van der Waals surface area contributed by atoms with Crippen molar-refractivity contribution >= 4 is 33.5 Å². The molecule has 1 heterocycles. The standard InChI is InChI=1S/C17H23ClN2O5S/c1-11(2)9-14(17(22)23)19-16(21)12-5-6-13(18)15(10-12)26(24,25)20-7-3-4-8-20/h5-6,10-11,14H,3-4,7-9H2,1-2H3,(H,19,21)(H,22,23)/t14-/m1/s1. The van der Waals surface area contributed by atoms with Gasteiger partial charge in [0, 0.05) is 18.7 Å². The Kier molecular flexibility index (Phi) is 6.65. The number of benzene rings is 1. The number of amides is 1. The zero-order valence-corrected chi connectivity index (χ0v) is 16.3. The molecule has 7 nitrogen and oxygen atoms in total. The number of carboxylic acids is 1. The molecule has 9 heteroatoms. The third-order valence-electron chi connectivity index (χ3n) is 4.19. The quantitative estimate of drug-likeness (QED) is 0.728. The lowest BCUT2D eigenvalue weighted by Gasteiger charge is -2.18. The van der Waals surface area contributed by atoms with Gasteiger partial charge in [-0.15, -0.1) is 0 Å². The number of sulfonamides is 1. The highest BCUT2D eigenvalue weighted by molar-refractivity contribution is 7.89. The van der Waals surface area contributed by atoms with Crippen LogP contribution in [0.25, 0.3) is 0 Å². The average Bonchev–Trinajstić information content (AvgIpc) is 3.09. The largest absolute Gasteiger partial charge is 0.480 e. The highest BCUT2D eigenvalue weighted by Crippen LogP contribution is 2.28. The van der Waals surface area contributed by atoms with Gasteiger partial charge in [0.15, 0.2) is 0 Å². The zero-order chi connectivity index (χ0) is 19.5. The summed E-state index contributed by atoms with van der Waals surface area (Å²) in [6.07, 6.45) is 1.84. The Balaban J connectivity index is 2.28. The van der Waals surface area contributed by atoms with Gasteiger partial charge < -0.3 is 10.4 Å². The second kappa shape index (κ2) is 8.37. The van der Waals surface area contributed by atoms with E-state index in [4.69, 9.17) is 11.6 Å². The first kappa shape index (κ1) is 20.7. The van der Waals surface area contributed by atoms with Crippen LogP contribution in [-0.2, 0) is 14.8 Å². The van der Waals surface area contributed by atoms with Crippen molar-refractivity contribution in [2.75, 3.05) is 13.1 Å². The Labute approximate surface area is 158 Å². The Morgan fingerprint density at radius 3 is 2.42 bits per heavy atom. The lowest BCUT2D eigenvalue weighted by Crippen LogP contribution is -2.41. The number of carbonyl (C=O) groups is 2. The number of hydrogen-bond donors (Lipinski definition) is 2. The summed E-state index contributed by atoms with van der Waals surface area (Å²) in [5.74, 6) is -1.70. The SMILES string of the molecule is CC(C)C[C@@H](NC(=O)c1ccc(Cl)c(S(=O)(=O)N2CCCC2)c1)C(=O)O. The van der Waals surface area contributed by atoms with Crippen molar-refractivity contribution in [1.82, 2.24) is 9.62 Å². The summed E-state index contributed by atoms with van der Waals surface area (Å²) in [6, 6.07) is 2.89. The van der Waals surface area contributed by atoms with Gasteiger partial charge >= 0.3 is 5.97 Å². The average molecular weight is 403 g/mol. The number of rotatable bonds is 7. The molecule has 1 aromatic rings. The Bertz CT molecular complexity index is 788. The fourth-order valence-electron chi connectivity index (χ4n) is 2.84. The van der Waals surface area contributed by atoms with Crippen LogP contribution in [0.1, 0.15) is 43.5 Å². The molecular formula is C17H23ClN2O5S. The Morgan fingerprint density at radius 1 is 1.27 bits per heavy atom. The van der Waals surface area contributed by atoms with Gasteiger partial charge in [0.1, 0.15) is 10.9 Å². The number of aliphatic carboxylic acids is 1. The molecule has 2 N–H and O–H groups in total. The summed E-state index contributed by atoms with van der Waals surface area (Å²) in [4.78, 5) is 23.6. The molecule has 1 aliphatic heterocycles. The van der Waals surface area contributed by atoms with Gasteiger partial charge in [0.2, 0.25) is 10.0 Å². The number of carbonyl (C=O) groups excluding carboxylic acids is 1. The highest BCUT2D eigenvalue weighted by Gasteiger charge is 2.30. The Hall–Kier alpha value is -1.64. The molecule has 0 saturated carbocycles. The topological polar surface area (TPSA) is 104 Å². The number of halogens is 1. The van der Waals surface area contributed by atoms with Crippen molar-refractivity contribution in [1.29, 1.82) is 0 Å². The fourth-order valence-corrected chi connectivity index (χ4v) is 4.86. The monoisotopic (exact) mass is 402 g/mol. The summed E-state index contributed by atoms with van der Waals surface area (Å²) < 4.78 is 26.8. The molecule has 1 aromatic carbocycles.